The van der Waals surface area contributed by atoms with Crippen LogP contribution in [0.1, 0.15) is 12.5 Å². The van der Waals surface area contributed by atoms with Gasteiger partial charge in [0.1, 0.15) is 12.4 Å². The third-order valence-electron chi connectivity index (χ3n) is 1.57. The molecule has 1 N–H and O–H groups in total. The summed E-state index contributed by atoms with van der Waals surface area (Å²) in [6.07, 6.45) is -0.437. The van der Waals surface area contributed by atoms with Crippen molar-refractivity contribution in [2.75, 3.05) is 6.61 Å². The number of hydrogen-bond acceptors (Lipinski definition) is 2. The molecule has 0 saturated heterocycles. The second-order valence-electron chi connectivity index (χ2n) is 3.09. The molecule has 1 aromatic carbocycles. The van der Waals surface area contributed by atoms with E-state index >= 15 is 0 Å². The van der Waals surface area contributed by atoms with Crippen molar-refractivity contribution in [3.05, 3.63) is 28.2 Å². The first-order valence-electron chi connectivity index (χ1n) is 4.16. The fraction of sp³-hybridized carbons (Fsp3) is 0.400. The van der Waals surface area contributed by atoms with Gasteiger partial charge in [-0.05, 0) is 47.5 Å². The van der Waals surface area contributed by atoms with Crippen LogP contribution in [0.2, 0.25) is 0 Å². The van der Waals surface area contributed by atoms with E-state index in [4.69, 9.17) is 9.84 Å². The Morgan fingerprint density at radius 3 is 2.77 bits per heavy atom. The van der Waals surface area contributed by atoms with Gasteiger partial charge in [-0.3, -0.25) is 0 Å². The fourth-order valence-corrected chi connectivity index (χ4v) is 1.54. The highest BCUT2D eigenvalue weighted by Gasteiger charge is 2.02. The SMILES string of the molecule is Cc1ccc(OCC(C)O)c(Br)c1. The average molecular weight is 245 g/mol. The summed E-state index contributed by atoms with van der Waals surface area (Å²) in [5.74, 6) is 0.770. The van der Waals surface area contributed by atoms with Gasteiger partial charge >= 0.3 is 0 Å². The summed E-state index contributed by atoms with van der Waals surface area (Å²) in [6.45, 7) is 4.03. The van der Waals surface area contributed by atoms with Crippen LogP contribution in [0.5, 0.6) is 5.75 Å². The summed E-state index contributed by atoms with van der Waals surface area (Å²) in [7, 11) is 0. The van der Waals surface area contributed by atoms with Crippen LogP contribution in [0.3, 0.4) is 0 Å². The van der Waals surface area contributed by atoms with Gasteiger partial charge in [-0.1, -0.05) is 6.07 Å². The number of benzene rings is 1. The second-order valence-corrected chi connectivity index (χ2v) is 3.95. The zero-order valence-electron chi connectivity index (χ0n) is 7.75. The third-order valence-corrected chi connectivity index (χ3v) is 2.19. The molecular formula is C10H13BrO2. The Hall–Kier alpha value is -0.540. The topological polar surface area (TPSA) is 29.5 Å². The largest absolute Gasteiger partial charge is 0.490 e. The van der Waals surface area contributed by atoms with Crippen molar-refractivity contribution in [2.45, 2.75) is 20.0 Å². The first kappa shape index (κ1) is 10.5. The molecule has 1 rings (SSSR count). The maximum Gasteiger partial charge on any atom is 0.133 e. The van der Waals surface area contributed by atoms with Gasteiger partial charge < -0.3 is 9.84 Å². The molecule has 1 aromatic rings. The van der Waals surface area contributed by atoms with Gasteiger partial charge in [0.15, 0.2) is 0 Å². The van der Waals surface area contributed by atoms with Crippen molar-refractivity contribution in [3.63, 3.8) is 0 Å². The van der Waals surface area contributed by atoms with Gasteiger partial charge in [-0.2, -0.15) is 0 Å². The molecule has 0 spiro atoms. The fourth-order valence-electron chi connectivity index (χ4n) is 0.933. The Morgan fingerprint density at radius 2 is 2.23 bits per heavy atom. The Balaban J connectivity index is 2.67. The molecule has 0 saturated carbocycles. The number of aliphatic hydroxyl groups is 1. The number of hydrogen-bond donors (Lipinski definition) is 1. The molecule has 0 radical (unpaired) electrons. The normalized spacial score (nSPS) is 12.6. The molecule has 0 fully saturated rings. The van der Waals surface area contributed by atoms with E-state index in [9.17, 15) is 0 Å². The molecule has 0 aliphatic rings. The van der Waals surface area contributed by atoms with Crippen LogP contribution in [-0.2, 0) is 0 Å². The first-order valence-corrected chi connectivity index (χ1v) is 4.96. The monoisotopic (exact) mass is 244 g/mol. The highest BCUT2D eigenvalue weighted by atomic mass is 79.9. The zero-order valence-corrected chi connectivity index (χ0v) is 9.34. The van der Waals surface area contributed by atoms with Crippen molar-refractivity contribution < 1.29 is 9.84 Å². The molecule has 0 aromatic heterocycles. The smallest absolute Gasteiger partial charge is 0.133 e. The predicted molar refractivity (Wildman–Crippen MR) is 56.1 cm³/mol. The van der Waals surface area contributed by atoms with Crippen LogP contribution in [0.25, 0.3) is 0 Å². The maximum absolute atomic E-state index is 9.02. The van der Waals surface area contributed by atoms with Crippen molar-refractivity contribution in [3.8, 4) is 5.75 Å². The van der Waals surface area contributed by atoms with Crippen molar-refractivity contribution >= 4 is 15.9 Å². The highest BCUT2D eigenvalue weighted by molar-refractivity contribution is 9.10. The van der Waals surface area contributed by atoms with Gasteiger partial charge in [-0.25, -0.2) is 0 Å². The molecule has 0 heterocycles. The van der Waals surface area contributed by atoms with E-state index in [0.717, 1.165) is 10.2 Å². The van der Waals surface area contributed by atoms with Gasteiger partial charge in [0, 0.05) is 0 Å². The minimum absolute atomic E-state index is 0.321. The lowest BCUT2D eigenvalue weighted by Gasteiger charge is -2.09. The van der Waals surface area contributed by atoms with Gasteiger partial charge in [-0.15, -0.1) is 0 Å². The maximum atomic E-state index is 9.02. The van der Waals surface area contributed by atoms with Crippen LogP contribution in [0, 0.1) is 6.92 Å². The number of halogens is 1. The highest BCUT2D eigenvalue weighted by Crippen LogP contribution is 2.25. The second kappa shape index (κ2) is 4.63. The zero-order chi connectivity index (χ0) is 9.84. The molecule has 0 bridgehead atoms. The molecule has 1 atom stereocenters. The molecule has 0 aliphatic carbocycles. The van der Waals surface area contributed by atoms with Gasteiger partial charge in [0.25, 0.3) is 0 Å². The lowest BCUT2D eigenvalue weighted by Crippen LogP contribution is -2.12. The van der Waals surface area contributed by atoms with Crippen molar-refractivity contribution in [1.82, 2.24) is 0 Å². The van der Waals surface area contributed by atoms with Crippen LogP contribution >= 0.6 is 15.9 Å². The molecule has 0 amide bonds. The van der Waals surface area contributed by atoms with Crippen molar-refractivity contribution in [2.24, 2.45) is 0 Å². The molecule has 2 nitrogen and oxygen atoms in total. The number of aryl methyl sites for hydroxylation is 1. The summed E-state index contributed by atoms with van der Waals surface area (Å²) >= 11 is 3.39. The Morgan fingerprint density at radius 1 is 1.54 bits per heavy atom. The summed E-state index contributed by atoms with van der Waals surface area (Å²) in [5.41, 5.74) is 1.18. The average Bonchev–Trinajstić information content (AvgIpc) is 2.02. The van der Waals surface area contributed by atoms with E-state index < -0.39 is 6.10 Å². The quantitative estimate of drug-likeness (QED) is 0.886. The minimum atomic E-state index is -0.437. The van der Waals surface area contributed by atoms with E-state index in [-0.39, 0.29) is 0 Å². The summed E-state index contributed by atoms with van der Waals surface area (Å²) in [5, 5.41) is 9.02. The standard InChI is InChI=1S/C10H13BrO2/c1-7-3-4-10(9(11)5-7)13-6-8(2)12/h3-5,8,12H,6H2,1-2H3. The first-order chi connectivity index (χ1) is 6.09. The van der Waals surface area contributed by atoms with E-state index in [1.165, 1.54) is 5.56 Å². The Bertz CT molecular complexity index is 284. The number of ether oxygens (including phenoxy) is 1. The van der Waals surface area contributed by atoms with E-state index in [0.29, 0.717) is 6.61 Å². The predicted octanol–water partition coefficient (Wildman–Crippen LogP) is 2.52. The van der Waals surface area contributed by atoms with Crippen LogP contribution in [0.4, 0.5) is 0 Å². The summed E-state index contributed by atoms with van der Waals surface area (Å²) < 4.78 is 6.28. The van der Waals surface area contributed by atoms with E-state index in [1.54, 1.807) is 6.92 Å². The molecule has 3 heteroatoms. The van der Waals surface area contributed by atoms with E-state index in [1.807, 2.05) is 25.1 Å². The Kier molecular flexibility index (Phi) is 3.75. The lowest BCUT2D eigenvalue weighted by molar-refractivity contribution is 0.122. The van der Waals surface area contributed by atoms with Crippen LogP contribution in [0.15, 0.2) is 22.7 Å². The van der Waals surface area contributed by atoms with Gasteiger partial charge in [0.05, 0.1) is 10.6 Å². The molecule has 1 unspecified atom stereocenters. The molecule has 72 valence electrons. The molecule has 13 heavy (non-hydrogen) atoms. The molecule has 0 aliphatic heterocycles. The summed E-state index contributed by atoms with van der Waals surface area (Å²) in [4.78, 5) is 0. The number of rotatable bonds is 3. The summed E-state index contributed by atoms with van der Waals surface area (Å²) in [6, 6.07) is 5.85. The van der Waals surface area contributed by atoms with Crippen LogP contribution in [-0.4, -0.2) is 17.8 Å². The van der Waals surface area contributed by atoms with Crippen molar-refractivity contribution in [1.29, 1.82) is 0 Å². The lowest BCUT2D eigenvalue weighted by atomic mass is 10.2. The van der Waals surface area contributed by atoms with Crippen LogP contribution < -0.4 is 4.74 Å². The Labute approximate surface area is 86.7 Å². The minimum Gasteiger partial charge on any atom is -0.490 e. The molecular weight excluding hydrogens is 232 g/mol. The van der Waals surface area contributed by atoms with E-state index in [2.05, 4.69) is 15.9 Å². The third kappa shape index (κ3) is 3.36. The van der Waals surface area contributed by atoms with Gasteiger partial charge in [0.2, 0.25) is 0 Å². The number of aliphatic hydroxyl groups excluding tert-OH is 1.